The fourth-order valence-corrected chi connectivity index (χ4v) is 5.87. The lowest BCUT2D eigenvalue weighted by Gasteiger charge is -2.14. The second kappa shape index (κ2) is 10.4. The van der Waals surface area contributed by atoms with E-state index in [9.17, 15) is 14.4 Å². The predicted octanol–water partition coefficient (Wildman–Crippen LogP) is 4.37. The molecule has 10 heteroatoms. The highest BCUT2D eigenvalue weighted by Gasteiger charge is 2.31. The number of carbonyl (C=O) groups excluding carboxylic acids is 3. The SMILES string of the molecule is CCOC(=O)c1c(NC(C)=O)c2c3c(sc2n1CC(=O)Nc1ccc(OC)c(OC)c1)CCCC3. The Kier molecular flexibility index (Phi) is 7.30. The van der Waals surface area contributed by atoms with Crippen molar-refractivity contribution in [3.63, 3.8) is 0 Å². The van der Waals surface area contributed by atoms with Gasteiger partial charge in [-0.05, 0) is 50.3 Å². The molecule has 0 atom stereocenters. The van der Waals surface area contributed by atoms with Gasteiger partial charge in [0.2, 0.25) is 11.8 Å². The van der Waals surface area contributed by atoms with E-state index in [1.54, 1.807) is 41.0 Å². The lowest BCUT2D eigenvalue weighted by atomic mass is 9.96. The van der Waals surface area contributed by atoms with E-state index < -0.39 is 5.97 Å². The topological polar surface area (TPSA) is 108 Å². The van der Waals surface area contributed by atoms with E-state index in [1.165, 1.54) is 26.0 Å². The molecule has 186 valence electrons. The third kappa shape index (κ3) is 4.84. The number of nitrogens with one attached hydrogen (secondary N) is 2. The Morgan fingerprint density at radius 1 is 1.06 bits per heavy atom. The molecule has 2 heterocycles. The number of amides is 2. The molecule has 2 amide bonds. The molecule has 1 aromatic carbocycles. The van der Waals surface area contributed by atoms with Gasteiger partial charge in [0.25, 0.3) is 0 Å². The van der Waals surface area contributed by atoms with Crippen LogP contribution in [-0.2, 0) is 33.7 Å². The monoisotopic (exact) mass is 499 g/mol. The van der Waals surface area contributed by atoms with Crippen molar-refractivity contribution in [1.29, 1.82) is 0 Å². The summed E-state index contributed by atoms with van der Waals surface area (Å²) in [5, 5.41) is 6.54. The number of aromatic nitrogens is 1. The Morgan fingerprint density at radius 3 is 2.49 bits per heavy atom. The quantitative estimate of drug-likeness (QED) is 0.446. The van der Waals surface area contributed by atoms with Gasteiger partial charge in [-0.2, -0.15) is 0 Å². The number of hydrogen-bond acceptors (Lipinski definition) is 7. The van der Waals surface area contributed by atoms with Crippen LogP contribution in [0.5, 0.6) is 11.5 Å². The summed E-state index contributed by atoms with van der Waals surface area (Å²) < 4.78 is 17.6. The summed E-state index contributed by atoms with van der Waals surface area (Å²) in [5.41, 5.74) is 2.27. The zero-order chi connectivity index (χ0) is 25.1. The van der Waals surface area contributed by atoms with Gasteiger partial charge in [0, 0.05) is 28.9 Å². The van der Waals surface area contributed by atoms with Crippen molar-refractivity contribution in [2.45, 2.75) is 46.1 Å². The summed E-state index contributed by atoms with van der Waals surface area (Å²) in [6.07, 6.45) is 3.95. The fourth-order valence-electron chi connectivity index (χ4n) is 4.47. The molecule has 0 saturated carbocycles. The second-order valence-electron chi connectivity index (χ2n) is 8.22. The van der Waals surface area contributed by atoms with Crippen molar-refractivity contribution in [3.8, 4) is 11.5 Å². The lowest BCUT2D eigenvalue weighted by molar-refractivity contribution is -0.116. The van der Waals surface area contributed by atoms with Crippen LogP contribution in [0.25, 0.3) is 10.2 Å². The minimum Gasteiger partial charge on any atom is -0.493 e. The van der Waals surface area contributed by atoms with Crippen LogP contribution in [0.15, 0.2) is 18.2 Å². The third-order valence-corrected chi connectivity index (χ3v) is 7.21. The van der Waals surface area contributed by atoms with Crippen molar-refractivity contribution in [3.05, 3.63) is 34.3 Å². The number of methoxy groups -OCH3 is 2. The smallest absolute Gasteiger partial charge is 0.357 e. The summed E-state index contributed by atoms with van der Waals surface area (Å²) in [4.78, 5) is 40.3. The molecule has 0 aliphatic heterocycles. The van der Waals surface area contributed by atoms with Gasteiger partial charge in [-0.1, -0.05) is 0 Å². The highest BCUT2D eigenvalue weighted by molar-refractivity contribution is 7.19. The summed E-state index contributed by atoms with van der Waals surface area (Å²) in [7, 11) is 3.06. The molecule has 1 aliphatic rings. The molecule has 0 bridgehead atoms. The Morgan fingerprint density at radius 2 is 1.80 bits per heavy atom. The zero-order valence-corrected chi connectivity index (χ0v) is 21.1. The fraction of sp³-hybridized carbons (Fsp3) is 0.400. The average molecular weight is 500 g/mol. The molecule has 0 unspecified atom stereocenters. The minimum atomic E-state index is -0.580. The second-order valence-corrected chi connectivity index (χ2v) is 9.30. The predicted molar refractivity (Wildman–Crippen MR) is 135 cm³/mol. The lowest BCUT2D eigenvalue weighted by Crippen LogP contribution is -2.23. The highest BCUT2D eigenvalue weighted by Crippen LogP contribution is 2.44. The molecule has 0 radical (unpaired) electrons. The molecule has 1 aliphatic carbocycles. The first kappa shape index (κ1) is 24.6. The molecule has 2 aromatic heterocycles. The molecule has 0 saturated heterocycles. The molecule has 35 heavy (non-hydrogen) atoms. The van der Waals surface area contributed by atoms with Crippen molar-refractivity contribution in [2.75, 3.05) is 31.5 Å². The average Bonchev–Trinajstić information content (AvgIpc) is 3.34. The zero-order valence-electron chi connectivity index (χ0n) is 20.3. The Hall–Kier alpha value is -3.53. The van der Waals surface area contributed by atoms with Crippen LogP contribution in [0.2, 0.25) is 0 Å². The number of ether oxygens (including phenoxy) is 3. The first-order valence-corrected chi connectivity index (χ1v) is 12.3. The van der Waals surface area contributed by atoms with Crippen molar-refractivity contribution < 1.29 is 28.6 Å². The number of benzene rings is 1. The van der Waals surface area contributed by atoms with Gasteiger partial charge in [-0.3, -0.25) is 9.59 Å². The first-order chi connectivity index (χ1) is 16.9. The maximum Gasteiger partial charge on any atom is 0.357 e. The molecule has 0 fully saturated rings. The molecule has 4 rings (SSSR count). The number of thiophene rings is 1. The van der Waals surface area contributed by atoms with Gasteiger partial charge < -0.3 is 29.4 Å². The normalized spacial score (nSPS) is 12.7. The standard InChI is InChI=1S/C25H29N3O6S/c1-5-34-25(31)23-22(26-14(2)29)21-16-8-6-7-9-19(16)35-24(21)28(23)13-20(30)27-15-10-11-17(32-3)18(12-15)33-4/h10-12H,5-9,13H2,1-4H3,(H,26,29)(H,27,30). The van der Waals surface area contributed by atoms with Crippen LogP contribution in [0.1, 0.15) is 47.6 Å². The maximum atomic E-state index is 13.1. The van der Waals surface area contributed by atoms with Gasteiger partial charge in [-0.25, -0.2) is 4.79 Å². The van der Waals surface area contributed by atoms with E-state index in [4.69, 9.17) is 14.2 Å². The van der Waals surface area contributed by atoms with E-state index >= 15 is 0 Å². The number of nitrogens with zero attached hydrogens (tertiary/aromatic N) is 1. The van der Waals surface area contributed by atoms with Crippen LogP contribution in [-0.4, -0.2) is 43.2 Å². The highest BCUT2D eigenvalue weighted by atomic mass is 32.1. The van der Waals surface area contributed by atoms with Gasteiger partial charge in [0.05, 0.1) is 26.5 Å². The Labute approximate surface area is 207 Å². The minimum absolute atomic E-state index is 0.127. The van der Waals surface area contributed by atoms with Gasteiger partial charge in [0.15, 0.2) is 17.2 Å². The van der Waals surface area contributed by atoms with Crippen LogP contribution < -0.4 is 20.1 Å². The number of carbonyl (C=O) groups is 3. The maximum absolute atomic E-state index is 13.1. The van der Waals surface area contributed by atoms with E-state index in [-0.39, 0.29) is 30.7 Å². The summed E-state index contributed by atoms with van der Waals surface area (Å²) >= 11 is 1.57. The van der Waals surface area contributed by atoms with Crippen molar-refractivity contribution in [1.82, 2.24) is 4.57 Å². The third-order valence-electron chi connectivity index (χ3n) is 5.89. The first-order valence-electron chi connectivity index (χ1n) is 11.5. The largest absolute Gasteiger partial charge is 0.493 e. The van der Waals surface area contributed by atoms with Crippen molar-refractivity contribution >= 4 is 50.7 Å². The number of rotatable bonds is 8. The van der Waals surface area contributed by atoms with E-state index in [0.29, 0.717) is 22.9 Å². The molecule has 9 nitrogen and oxygen atoms in total. The van der Waals surface area contributed by atoms with E-state index in [0.717, 1.165) is 41.5 Å². The number of aryl methyl sites for hydroxylation is 2. The van der Waals surface area contributed by atoms with Gasteiger partial charge in [0.1, 0.15) is 11.4 Å². The summed E-state index contributed by atoms with van der Waals surface area (Å²) in [6.45, 7) is 3.17. The molecular weight excluding hydrogens is 470 g/mol. The number of anilines is 2. The van der Waals surface area contributed by atoms with Crippen LogP contribution in [0.3, 0.4) is 0 Å². The summed E-state index contributed by atoms with van der Waals surface area (Å²) in [5.74, 6) is -0.172. The molecule has 3 aromatic rings. The van der Waals surface area contributed by atoms with Crippen molar-refractivity contribution in [2.24, 2.45) is 0 Å². The van der Waals surface area contributed by atoms with E-state index in [2.05, 4.69) is 10.6 Å². The summed E-state index contributed by atoms with van der Waals surface area (Å²) in [6, 6.07) is 5.08. The van der Waals surface area contributed by atoms with Gasteiger partial charge in [-0.15, -0.1) is 11.3 Å². The van der Waals surface area contributed by atoms with E-state index in [1.807, 2.05) is 0 Å². The number of hydrogen-bond donors (Lipinski definition) is 2. The molecular formula is C25H29N3O6S. The van der Waals surface area contributed by atoms with Crippen LogP contribution >= 0.6 is 11.3 Å². The number of esters is 1. The van der Waals surface area contributed by atoms with Gasteiger partial charge >= 0.3 is 5.97 Å². The Balaban J connectivity index is 1.77. The molecule has 2 N–H and O–H groups in total. The van der Waals surface area contributed by atoms with Crippen LogP contribution in [0.4, 0.5) is 11.4 Å². The molecule has 0 spiro atoms. The number of fused-ring (bicyclic) bond motifs is 3. The van der Waals surface area contributed by atoms with Crippen LogP contribution in [0, 0.1) is 0 Å². The Bertz CT molecular complexity index is 1290.